The Morgan fingerprint density at radius 2 is 2.23 bits per heavy atom. The Bertz CT molecular complexity index is 779. The number of benzene rings is 1. The van der Waals surface area contributed by atoms with Crippen LogP contribution in [0.25, 0.3) is 0 Å². The molecule has 1 aliphatic heterocycles. The highest BCUT2D eigenvalue weighted by Crippen LogP contribution is 2.38. The number of phenols is 1. The number of aromatic nitrogens is 3. The van der Waals surface area contributed by atoms with Gasteiger partial charge in [-0.15, -0.1) is 0 Å². The average Bonchev–Trinajstić information content (AvgIpc) is 2.93. The van der Waals surface area contributed by atoms with Crippen molar-refractivity contribution in [1.29, 1.82) is 0 Å². The third-order valence-electron chi connectivity index (χ3n) is 3.69. The summed E-state index contributed by atoms with van der Waals surface area (Å²) >= 11 is 0. The first-order valence-corrected chi connectivity index (χ1v) is 6.78. The highest BCUT2D eigenvalue weighted by Gasteiger charge is 2.31. The van der Waals surface area contributed by atoms with Crippen molar-refractivity contribution in [3.8, 4) is 11.5 Å². The number of hydrogen-bond acceptors (Lipinski definition) is 6. The van der Waals surface area contributed by atoms with E-state index >= 15 is 0 Å². The van der Waals surface area contributed by atoms with E-state index in [1.165, 1.54) is 20.4 Å². The van der Waals surface area contributed by atoms with Crippen LogP contribution >= 0.6 is 0 Å². The topological polar surface area (TPSA) is 89.3 Å². The number of ether oxygens (including phenoxy) is 1. The van der Waals surface area contributed by atoms with Crippen LogP contribution in [0.1, 0.15) is 25.5 Å². The number of rotatable bonds is 3. The number of carbonyl (C=O) groups is 1. The molecule has 0 spiro atoms. The molecule has 3 rings (SSSR count). The fourth-order valence-electron chi connectivity index (χ4n) is 2.73. The van der Waals surface area contributed by atoms with Crippen LogP contribution in [0, 0.1) is 0 Å². The van der Waals surface area contributed by atoms with Crippen molar-refractivity contribution >= 4 is 11.7 Å². The van der Waals surface area contributed by atoms with Crippen molar-refractivity contribution in [2.75, 3.05) is 12.4 Å². The van der Waals surface area contributed by atoms with Crippen LogP contribution in [-0.4, -0.2) is 32.8 Å². The standard InChI is InChI=1S/C15H16N4O3/c1-8-13(9(2)20)14(19-15(18-8)16-7-17-19)10-4-5-12(22-3)11(21)6-10/h4-7,14,21H,1-3H3,(H,16,17,18)/t14-/m1/s1. The number of ketones is 1. The van der Waals surface area contributed by atoms with E-state index in [0.29, 0.717) is 17.3 Å². The van der Waals surface area contributed by atoms with Crippen molar-refractivity contribution in [2.45, 2.75) is 19.9 Å². The minimum atomic E-state index is -0.437. The molecular formula is C15H16N4O3. The fourth-order valence-corrected chi connectivity index (χ4v) is 2.73. The third-order valence-corrected chi connectivity index (χ3v) is 3.69. The summed E-state index contributed by atoms with van der Waals surface area (Å²) in [7, 11) is 1.49. The van der Waals surface area contributed by atoms with Gasteiger partial charge < -0.3 is 15.2 Å². The molecule has 0 aliphatic carbocycles. The largest absolute Gasteiger partial charge is 0.504 e. The molecule has 0 amide bonds. The number of hydrogen-bond donors (Lipinski definition) is 2. The second kappa shape index (κ2) is 5.18. The number of anilines is 1. The number of fused-ring (bicyclic) bond motifs is 1. The molecule has 2 aromatic rings. The molecule has 7 heteroatoms. The van der Waals surface area contributed by atoms with E-state index in [-0.39, 0.29) is 11.5 Å². The number of aromatic hydroxyl groups is 1. The maximum Gasteiger partial charge on any atom is 0.226 e. The molecule has 0 unspecified atom stereocenters. The molecular weight excluding hydrogens is 284 g/mol. The van der Waals surface area contributed by atoms with Gasteiger partial charge in [0.1, 0.15) is 12.4 Å². The predicted octanol–water partition coefficient (Wildman–Crippen LogP) is 1.87. The third kappa shape index (κ3) is 2.11. The molecule has 114 valence electrons. The molecule has 0 bridgehead atoms. The second-order valence-corrected chi connectivity index (χ2v) is 5.08. The van der Waals surface area contributed by atoms with Crippen molar-refractivity contribution in [3.63, 3.8) is 0 Å². The van der Waals surface area contributed by atoms with Crippen LogP contribution in [0.5, 0.6) is 11.5 Å². The van der Waals surface area contributed by atoms with Gasteiger partial charge in [-0.05, 0) is 31.5 Å². The quantitative estimate of drug-likeness (QED) is 0.899. The van der Waals surface area contributed by atoms with E-state index in [0.717, 1.165) is 11.3 Å². The number of nitrogens with one attached hydrogen (secondary N) is 1. The van der Waals surface area contributed by atoms with E-state index in [1.54, 1.807) is 22.9 Å². The van der Waals surface area contributed by atoms with Gasteiger partial charge in [0.15, 0.2) is 17.3 Å². The smallest absolute Gasteiger partial charge is 0.226 e. The molecule has 22 heavy (non-hydrogen) atoms. The minimum Gasteiger partial charge on any atom is -0.504 e. The molecule has 7 nitrogen and oxygen atoms in total. The molecule has 0 fully saturated rings. The maximum atomic E-state index is 12.1. The molecule has 2 heterocycles. The van der Waals surface area contributed by atoms with Gasteiger partial charge in [-0.25, -0.2) is 4.68 Å². The summed E-state index contributed by atoms with van der Waals surface area (Å²) in [5.41, 5.74) is 2.05. The van der Waals surface area contributed by atoms with E-state index in [1.807, 2.05) is 6.92 Å². The average molecular weight is 300 g/mol. The van der Waals surface area contributed by atoms with Crippen LogP contribution in [0.2, 0.25) is 0 Å². The maximum absolute atomic E-state index is 12.1. The highest BCUT2D eigenvalue weighted by molar-refractivity contribution is 5.96. The summed E-state index contributed by atoms with van der Waals surface area (Å²) in [6.07, 6.45) is 1.43. The Labute approximate surface area is 127 Å². The summed E-state index contributed by atoms with van der Waals surface area (Å²) in [4.78, 5) is 16.2. The first-order valence-electron chi connectivity index (χ1n) is 6.78. The Morgan fingerprint density at radius 1 is 1.45 bits per heavy atom. The lowest BCUT2D eigenvalue weighted by Crippen LogP contribution is -2.27. The van der Waals surface area contributed by atoms with Crippen LogP contribution in [0.15, 0.2) is 35.8 Å². The monoisotopic (exact) mass is 300 g/mol. The zero-order chi connectivity index (χ0) is 15.9. The summed E-state index contributed by atoms with van der Waals surface area (Å²) in [5, 5.41) is 17.3. The van der Waals surface area contributed by atoms with Gasteiger partial charge in [0.05, 0.1) is 7.11 Å². The SMILES string of the molecule is COc1ccc([C@@H]2C(C(C)=O)=C(C)Nc3ncnn32)cc1O. The molecule has 1 aliphatic rings. The lowest BCUT2D eigenvalue weighted by molar-refractivity contribution is -0.114. The van der Waals surface area contributed by atoms with E-state index in [2.05, 4.69) is 15.4 Å². The van der Waals surface area contributed by atoms with Gasteiger partial charge in [-0.2, -0.15) is 10.1 Å². The lowest BCUT2D eigenvalue weighted by atomic mass is 9.93. The molecule has 0 saturated heterocycles. The van der Waals surface area contributed by atoms with E-state index in [9.17, 15) is 9.90 Å². The normalized spacial score (nSPS) is 17.0. The molecule has 0 saturated carbocycles. The number of carbonyl (C=O) groups excluding carboxylic acids is 1. The summed E-state index contributed by atoms with van der Waals surface area (Å²) < 4.78 is 6.69. The van der Waals surface area contributed by atoms with E-state index in [4.69, 9.17) is 4.74 Å². The van der Waals surface area contributed by atoms with Crippen molar-refractivity contribution in [2.24, 2.45) is 0 Å². The Hall–Kier alpha value is -2.83. The van der Waals surface area contributed by atoms with Crippen molar-refractivity contribution < 1.29 is 14.6 Å². The minimum absolute atomic E-state index is 0.0146. The van der Waals surface area contributed by atoms with Crippen LogP contribution in [0.4, 0.5) is 5.95 Å². The van der Waals surface area contributed by atoms with Gasteiger partial charge in [0.2, 0.25) is 5.95 Å². The van der Waals surface area contributed by atoms with Crippen molar-refractivity contribution in [1.82, 2.24) is 14.8 Å². The van der Waals surface area contributed by atoms with Gasteiger partial charge >= 0.3 is 0 Å². The zero-order valence-electron chi connectivity index (χ0n) is 12.5. The molecule has 2 N–H and O–H groups in total. The number of methoxy groups -OCH3 is 1. The molecule has 1 aromatic carbocycles. The summed E-state index contributed by atoms with van der Waals surface area (Å²) in [6, 6.07) is 4.61. The zero-order valence-corrected chi connectivity index (χ0v) is 12.5. The van der Waals surface area contributed by atoms with Crippen molar-refractivity contribution in [3.05, 3.63) is 41.4 Å². The van der Waals surface area contributed by atoms with Crippen LogP contribution < -0.4 is 10.1 Å². The van der Waals surface area contributed by atoms with E-state index < -0.39 is 6.04 Å². The summed E-state index contributed by atoms with van der Waals surface area (Å²) in [5.74, 6) is 0.886. The first-order chi connectivity index (χ1) is 10.5. The highest BCUT2D eigenvalue weighted by atomic mass is 16.5. The predicted molar refractivity (Wildman–Crippen MR) is 79.8 cm³/mol. The molecule has 0 radical (unpaired) electrons. The van der Waals surface area contributed by atoms with Gasteiger partial charge in [-0.3, -0.25) is 4.79 Å². The second-order valence-electron chi connectivity index (χ2n) is 5.08. The Morgan fingerprint density at radius 3 is 2.86 bits per heavy atom. The first kappa shape index (κ1) is 14.1. The van der Waals surface area contributed by atoms with Gasteiger partial charge in [-0.1, -0.05) is 6.07 Å². The Balaban J connectivity index is 2.18. The number of allylic oxidation sites excluding steroid dienone is 2. The Kier molecular flexibility index (Phi) is 3.32. The fraction of sp³-hybridized carbons (Fsp3) is 0.267. The molecule has 1 aromatic heterocycles. The molecule has 1 atom stereocenters. The van der Waals surface area contributed by atoms with Gasteiger partial charge in [0.25, 0.3) is 0 Å². The summed E-state index contributed by atoms with van der Waals surface area (Å²) in [6.45, 7) is 3.34. The van der Waals surface area contributed by atoms with Crippen LogP contribution in [0.3, 0.4) is 0 Å². The van der Waals surface area contributed by atoms with Crippen LogP contribution in [-0.2, 0) is 4.79 Å². The van der Waals surface area contributed by atoms with Gasteiger partial charge in [0, 0.05) is 11.3 Å². The number of Topliss-reactive ketones (excluding diaryl/α,β-unsaturated/α-hetero) is 1. The lowest BCUT2D eigenvalue weighted by Gasteiger charge is -2.28. The number of nitrogens with zero attached hydrogens (tertiary/aromatic N) is 3. The number of phenolic OH excluding ortho intramolecular Hbond substituents is 1.